The van der Waals surface area contributed by atoms with Gasteiger partial charge in [-0.3, -0.25) is 9.11 Å². The van der Waals surface area contributed by atoms with E-state index in [-0.39, 0.29) is 96.7 Å². The first-order valence-corrected chi connectivity index (χ1v) is 13.0. The summed E-state index contributed by atoms with van der Waals surface area (Å²) in [6.07, 6.45) is 0.368. The Morgan fingerprint density at radius 3 is 1.42 bits per heavy atom. The first-order valence-electron chi connectivity index (χ1n) is 9.74. The minimum atomic E-state index is -4.00. The van der Waals surface area contributed by atoms with Crippen LogP contribution in [0.2, 0.25) is 0 Å². The van der Waals surface area contributed by atoms with Crippen molar-refractivity contribution in [1.82, 2.24) is 0 Å². The number of ether oxygens (including phenoxy) is 2. The summed E-state index contributed by atoms with van der Waals surface area (Å²) in [5.41, 5.74) is 1.55. The number of hydrogen-bond donors (Lipinski definition) is 2. The fourth-order valence-corrected chi connectivity index (χ4v) is 3.94. The quantitative estimate of drug-likeness (QED) is 0.247. The van der Waals surface area contributed by atoms with Gasteiger partial charge in [0.25, 0.3) is 20.2 Å². The topological polar surface area (TPSA) is 127 Å². The van der Waals surface area contributed by atoms with E-state index in [1.165, 1.54) is 0 Å². The van der Waals surface area contributed by atoms with Crippen molar-refractivity contribution in [2.24, 2.45) is 0 Å². The van der Waals surface area contributed by atoms with E-state index in [1.54, 1.807) is 12.1 Å². The van der Waals surface area contributed by atoms with Crippen molar-refractivity contribution in [3.8, 4) is 11.5 Å². The third-order valence-electron chi connectivity index (χ3n) is 4.74. The molecule has 0 saturated carbocycles. The van der Waals surface area contributed by atoms with Crippen LogP contribution >= 0.6 is 0 Å². The third-order valence-corrected chi connectivity index (χ3v) is 6.35. The summed E-state index contributed by atoms with van der Waals surface area (Å²) >= 11 is 0. The van der Waals surface area contributed by atoms with Crippen molar-refractivity contribution in [2.75, 3.05) is 24.7 Å². The van der Waals surface area contributed by atoms with E-state index in [4.69, 9.17) is 18.6 Å². The van der Waals surface area contributed by atoms with Gasteiger partial charge in [-0.05, 0) is 48.2 Å². The van der Waals surface area contributed by atoms with Crippen LogP contribution in [-0.2, 0) is 25.7 Å². The molecule has 2 rings (SSSR count). The van der Waals surface area contributed by atoms with Gasteiger partial charge in [-0.1, -0.05) is 38.1 Å². The number of hydrogen-bond acceptors (Lipinski definition) is 6. The maximum atomic E-state index is 10.8. The Hall–Kier alpha value is -0.140. The average Bonchev–Trinajstić information content (AvgIpc) is 2.68. The van der Waals surface area contributed by atoms with Crippen LogP contribution in [0.25, 0.3) is 0 Å². The molecule has 0 aromatic heterocycles. The second-order valence-corrected chi connectivity index (χ2v) is 10.8. The molecular formula is C21H30Na2O8S2. The molecule has 0 aliphatic heterocycles. The van der Waals surface area contributed by atoms with E-state index in [9.17, 15) is 16.8 Å². The van der Waals surface area contributed by atoms with Crippen LogP contribution < -0.4 is 9.47 Å². The maximum absolute atomic E-state index is 10.8. The summed E-state index contributed by atoms with van der Waals surface area (Å²) in [4.78, 5) is 0. The molecule has 2 aromatic rings. The molecule has 0 saturated heterocycles. The molecule has 0 fully saturated rings. The van der Waals surface area contributed by atoms with Crippen molar-refractivity contribution in [3.63, 3.8) is 0 Å². The van der Waals surface area contributed by atoms with Gasteiger partial charge in [0.1, 0.15) is 11.5 Å². The van der Waals surface area contributed by atoms with E-state index in [0.29, 0.717) is 11.5 Å². The zero-order valence-corrected chi connectivity index (χ0v) is 19.2. The number of benzene rings is 2. The molecule has 0 unspecified atom stereocenters. The standard InChI is InChI=1S/C21H28O8S2.2Na.2H/c1-21(2,17-7-3-9-19(15-17)28-11-5-13-30(22,23)24)18-8-4-10-20(16-18)29-12-6-14-31(25,26)27;;;;/h3-4,7-10,15-16H,5-6,11-14H2,1-2H3,(H,22,23,24)(H,25,26,27);;;;. The first-order chi connectivity index (χ1) is 14.4. The monoisotopic (exact) mass is 520 g/mol. The Labute approximate surface area is 240 Å². The van der Waals surface area contributed by atoms with Crippen LogP contribution in [0, 0.1) is 0 Å². The second kappa shape index (κ2) is 14.4. The van der Waals surface area contributed by atoms with Crippen LogP contribution in [0.5, 0.6) is 11.5 Å². The SMILES string of the molecule is CC(C)(c1cccc(OCCCS(=O)(=O)O)c1)c1cccc(OCCCS(=O)(=O)O)c1.[NaH].[NaH]. The van der Waals surface area contributed by atoms with Gasteiger partial charge in [0.15, 0.2) is 0 Å². The van der Waals surface area contributed by atoms with Crippen molar-refractivity contribution >= 4 is 79.4 Å². The van der Waals surface area contributed by atoms with Crippen molar-refractivity contribution < 1.29 is 35.4 Å². The van der Waals surface area contributed by atoms with E-state index in [2.05, 4.69) is 0 Å². The van der Waals surface area contributed by atoms with Gasteiger partial charge in [-0.25, -0.2) is 0 Å². The summed E-state index contributed by atoms with van der Waals surface area (Å²) in [7, 11) is -8.00. The Kier molecular flexibility index (Phi) is 14.4. The van der Waals surface area contributed by atoms with Gasteiger partial charge >= 0.3 is 59.1 Å². The van der Waals surface area contributed by atoms with Crippen molar-refractivity contribution in [1.29, 1.82) is 0 Å². The van der Waals surface area contributed by atoms with Gasteiger partial charge in [0.05, 0.1) is 24.7 Å². The Balaban J connectivity index is 0.00000512. The normalized spacial score (nSPS) is 11.8. The van der Waals surface area contributed by atoms with Crippen LogP contribution in [0.3, 0.4) is 0 Å². The van der Waals surface area contributed by atoms with E-state index in [1.807, 2.05) is 50.2 Å². The van der Waals surface area contributed by atoms with Crippen LogP contribution in [0.15, 0.2) is 48.5 Å². The molecule has 176 valence electrons. The summed E-state index contributed by atoms with van der Waals surface area (Å²) in [5, 5.41) is 0. The molecule has 8 nitrogen and oxygen atoms in total. The van der Waals surface area contributed by atoms with Gasteiger partial charge < -0.3 is 9.47 Å². The van der Waals surface area contributed by atoms with Crippen molar-refractivity contribution in [2.45, 2.75) is 32.1 Å². The van der Waals surface area contributed by atoms with E-state index >= 15 is 0 Å². The zero-order valence-electron chi connectivity index (χ0n) is 17.5. The molecule has 2 N–H and O–H groups in total. The minimum absolute atomic E-state index is 0. The number of rotatable bonds is 12. The molecule has 0 spiro atoms. The summed E-state index contributed by atoms with van der Waals surface area (Å²) in [5.74, 6) is 0.488. The van der Waals surface area contributed by atoms with Gasteiger partial charge in [-0.15, -0.1) is 0 Å². The van der Waals surface area contributed by atoms with E-state index in [0.717, 1.165) is 11.1 Å². The first kappa shape index (κ1) is 32.9. The molecule has 0 atom stereocenters. The molecule has 0 radical (unpaired) electrons. The molecule has 0 amide bonds. The fourth-order valence-electron chi connectivity index (χ4n) is 2.98. The Bertz CT molecular complexity index is 1000. The Morgan fingerprint density at radius 2 is 1.09 bits per heavy atom. The molecule has 0 aliphatic carbocycles. The molecule has 33 heavy (non-hydrogen) atoms. The molecule has 0 bridgehead atoms. The van der Waals surface area contributed by atoms with Crippen molar-refractivity contribution in [3.05, 3.63) is 59.7 Å². The van der Waals surface area contributed by atoms with Crippen LogP contribution in [0.4, 0.5) is 0 Å². The van der Waals surface area contributed by atoms with Gasteiger partial charge in [-0.2, -0.15) is 16.8 Å². The van der Waals surface area contributed by atoms with Crippen LogP contribution in [0.1, 0.15) is 37.8 Å². The molecular weight excluding hydrogens is 490 g/mol. The Morgan fingerprint density at radius 1 is 0.727 bits per heavy atom. The van der Waals surface area contributed by atoms with Gasteiger partial charge in [0.2, 0.25) is 0 Å². The second-order valence-electron chi connectivity index (χ2n) is 7.66. The van der Waals surface area contributed by atoms with Gasteiger partial charge in [0, 0.05) is 5.41 Å². The van der Waals surface area contributed by atoms with E-state index < -0.39 is 25.7 Å². The molecule has 2 aromatic carbocycles. The summed E-state index contributed by atoms with van der Waals surface area (Å²) in [6, 6.07) is 15.0. The predicted molar refractivity (Wildman–Crippen MR) is 132 cm³/mol. The molecule has 0 heterocycles. The molecule has 0 aliphatic rings. The summed E-state index contributed by atoms with van der Waals surface area (Å²) < 4.78 is 72.0. The summed E-state index contributed by atoms with van der Waals surface area (Å²) in [6.45, 7) is 4.41. The molecule has 12 heteroatoms. The fraction of sp³-hybridized carbons (Fsp3) is 0.429. The predicted octanol–water partition coefficient (Wildman–Crippen LogP) is 2.03. The third kappa shape index (κ3) is 12.4. The average molecular weight is 521 g/mol. The zero-order chi connectivity index (χ0) is 23.1. The van der Waals surface area contributed by atoms with Crippen LogP contribution in [-0.4, -0.2) is 110 Å².